The Balaban J connectivity index is 1.17. The molecule has 5 nitrogen and oxygen atoms in total. The summed E-state index contributed by atoms with van der Waals surface area (Å²) >= 11 is 0. The first kappa shape index (κ1) is 23.5. The van der Waals surface area contributed by atoms with Gasteiger partial charge in [-0.05, 0) is 41.5 Å². The van der Waals surface area contributed by atoms with Crippen LogP contribution in [-0.2, 0) is 0 Å². The van der Waals surface area contributed by atoms with Crippen molar-refractivity contribution in [3.05, 3.63) is 170 Å². The molecule has 0 unspecified atom stereocenters. The number of aromatic nitrogens is 4. The van der Waals surface area contributed by atoms with Crippen LogP contribution in [0.3, 0.4) is 0 Å². The first-order chi connectivity index (χ1) is 26.9. The Bertz CT molecular complexity index is 3070. The third-order valence-electron chi connectivity index (χ3n) is 9.14. The van der Waals surface area contributed by atoms with Crippen LogP contribution < -0.4 is 0 Å². The van der Waals surface area contributed by atoms with Crippen molar-refractivity contribution in [3.63, 3.8) is 0 Å². The molecule has 0 saturated heterocycles. The molecule has 0 saturated carbocycles. The minimum Gasteiger partial charge on any atom is -0.454 e. The molecule has 10 rings (SSSR count). The highest BCUT2D eigenvalue weighted by atomic mass is 16.3. The van der Waals surface area contributed by atoms with Crippen molar-refractivity contribution >= 4 is 43.7 Å². The quantitative estimate of drug-likeness (QED) is 0.187. The van der Waals surface area contributed by atoms with E-state index < -0.39 is 6.04 Å². The van der Waals surface area contributed by atoms with Gasteiger partial charge in [-0.15, -0.1) is 0 Å². The molecule has 234 valence electrons. The molecule has 0 aliphatic heterocycles. The van der Waals surface area contributed by atoms with E-state index in [1.807, 2.05) is 127 Å². The molecule has 50 heavy (non-hydrogen) atoms. The molecule has 3 heterocycles. The van der Waals surface area contributed by atoms with Crippen molar-refractivity contribution in [1.82, 2.24) is 19.5 Å². The minimum absolute atomic E-state index is 0.156. The SMILES string of the molecule is [2H]c1c([2H])c([2H])c(-c2ccc3c4ccccc4n(-c4cccc5c4oc4cc(-c6nc(-c7ccccc7)nc(-c7ccccc7)n6)ccc45)c3c2)c([2H])c1[2H]. The number of nitrogens with zero attached hydrogens (tertiary/aromatic N) is 4. The normalized spacial score (nSPS) is 13.0. The Morgan fingerprint density at radius 2 is 1.04 bits per heavy atom. The summed E-state index contributed by atoms with van der Waals surface area (Å²) in [6, 6.07) is 43.9. The minimum atomic E-state index is -0.419. The molecule has 0 radical (unpaired) electrons. The molecule has 0 N–H and O–H groups in total. The van der Waals surface area contributed by atoms with Gasteiger partial charge in [0.25, 0.3) is 0 Å². The Morgan fingerprint density at radius 1 is 0.440 bits per heavy atom. The largest absolute Gasteiger partial charge is 0.454 e. The second-order valence-corrected chi connectivity index (χ2v) is 12.1. The average Bonchev–Trinajstić information content (AvgIpc) is 3.78. The lowest BCUT2D eigenvalue weighted by molar-refractivity contribution is 0.666. The first-order valence-electron chi connectivity index (χ1n) is 18.8. The Kier molecular flexibility index (Phi) is 5.35. The Hall–Kier alpha value is -6.85. The van der Waals surface area contributed by atoms with Gasteiger partial charge in [0, 0.05) is 38.2 Å². The number of para-hydroxylation sites is 2. The van der Waals surface area contributed by atoms with E-state index >= 15 is 0 Å². The smallest absolute Gasteiger partial charge is 0.164 e. The van der Waals surface area contributed by atoms with Crippen LogP contribution in [0.4, 0.5) is 0 Å². The van der Waals surface area contributed by atoms with Crippen molar-refractivity contribution in [2.45, 2.75) is 0 Å². The second kappa shape index (κ2) is 11.4. The molecule has 0 aliphatic rings. The van der Waals surface area contributed by atoms with Crippen LogP contribution in [0.1, 0.15) is 6.85 Å². The number of hydrogen-bond acceptors (Lipinski definition) is 4. The molecule has 5 heteroatoms. The van der Waals surface area contributed by atoms with E-state index in [2.05, 4.69) is 16.7 Å². The van der Waals surface area contributed by atoms with Gasteiger partial charge >= 0.3 is 0 Å². The number of rotatable bonds is 5. The van der Waals surface area contributed by atoms with Crippen LogP contribution in [-0.4, -0.2) is 19.5 Å². The van der Waals surface area contributed by atoms with Gasteiger partial charge in [0.2, 0.25) is 0 Å². The molecule has 0 spiro atoms. The fourth-order valence-electron chi connectivity index (χ4n) is 6.82. The summed E-state index contributed by atoms with van der Waals surface area (Å²) in [6.45, 7) is 0. The summed E-state index contributed by atoms with van der Waals surface area (Å²) in [4.78, 5) is 14.7. The van der Waals surface area contributed by atoms with Gasteiger partial charge in [-0.2, -0.15) is 0 Å². The lowest BCUT2D eigenvalue weighted by Gasteiger charge is -2.09. The van der Waals surface area contributed by atoms with E-state index in [1.54, 1.807) is 0 Å². The Labute approximate surface area is 294 Å². The van der Waals surface area contributed by atoms with Crippen molar-refractivity contribution in [2.24, 2.45) is 0 Å². The monoisotopic (exact) mass is 645 g/mol. The highest BCUT2D eigenvalue weighted by Gasteiger charge is 2.19. The molecule has 10 aromatic rings. The summed E-state index contributed by atoms with van der Waals surface area (Å²) in [6.07, 6.45) is 0. The number of hydrogen-bond donors (Lipinski definition) is 0. The van der Waals surface area contributed by atoms with Gasteiger partial charge < -0.3 is 8.98 Å². The van der Waals surface area contributed by atoms with Gasteiger partial charge in [0.15, 0.2) is 23.1 Å². The van der Waals surface area contributed by atoms with Gasteiger partial charge in [-0.3, -0.25) is 0 Å². The van der Waals surface area contributed by atoms with Crippen molar-refractivity contribution in [3.8, 4) is 51.0 Å². The number of furan rings is 1. The summed E-state index contributed by atoms with van der Waals surface area (Å²) < 4.78 is 50.9. The van der Waals surface area contributed by atoms with Gasteiger partial charge in [-0.1, -0.05) is 139 Å². The van der Waals surface area contributed by atoms with Crippen LogP contribution in [0.25, 0.3) is 94.7 Å². The van der Waals surface area contributed by atoms with Crippen LogP contribution in [0.5, 0.6) is 0 Å². The molecule has 0 aliphatic carbocycles. The van der Waals surface area contributed by atoms with E-state index in [0.29, 0.717) is 34.2 Å². The third kappa shape index (κ3) is 4.60. The summed E-state index contributed by atoms with van der Waals surface area (Å²) in [7, 11) is 0. The van der Waals surface area contributed by atoms with E-state index in [0.717, 1.165) is 55.0 Å². The average molecular weight is 646 g/mol. The predicted octanol–water partition coefficient (Wildman–Crippen LogP) is 11.5. The van der Waals surface area contributed by atoms with Gasteiger partial charge in [-0.25, -0.2) is 15.0 Å². The topological polar surface area (TPSA) is 56.7 Å². The van der Waals surface area contributed by atoms with E-state index in [9.17, 15) is 0 Å². The summed E-state index contributed by atoms with van der Waals surface area (Å²) in [5.74, 6) is 1.68. The molecule has 0 bridgehead atoms. The molecule has 0 amide bonds. The summed E-state index contributed by atoms with van der Waals surface area (Å²) in [5.41, 5.74) is 7.14. The van der Waals surface area contributed by atoms with Crippen LogP contribution in [0.2, 0.25) is 0 Å². The molecule has 0 atom stereocenters. The van der Waals surface area contributed by atoms with E-state index in [-0.39, 0.29) is 29.7 Å². The van der Waals surface area contributed by atoms with Crippen LogP contribution >= 0.6 is 0 Å². The molecule has 3 aromatic heterocycles. The maximum absolute atomic E-state index is 8.66. The van der Waals surface area contributed by atoms with E-state index in [4.69, 9.17) is 26.2 Å². The highest BCUT2D eigenvalue weighted by Crippen LogP contribution is 2.40. The lowest BCUT2D eigenvalue weighted by atomic mass is 10.0. The maximum atomic E-state index is 8.66. The zero-order chi connectivity index (χ0) is 37.4. The number of fused-ring (bicyclic) bond motifs is 6. The highest BCUT2D eigenvalue weighted by molar-refractivity contribution is 6.13. The fraction of sp³-hybridized carbons (Fsp3) is 0. The second-order valence-electron chi connectivity index (χ2n) is 12.1. The Morgan fingerprint density at radius 3 is 1.78 bits per heavy atom. The van der Waals surface area contributed by atoms with E-state index in [1.165, 1.54) is 0 Å². The van der Waals surface area contributed by atoms with Gasteiger partial charge in [0.1, 0.15) is 5.58 Å². The lowest BCUT2D eigenvalue weighted by Crippen LogP contribution is -2.00. The van der Waals surface area contributed by atoms with Gasteiger partial charge in [0.05, 0.1) is 23.6 Å². The number of benzene rings is 7. The zero-order valence-electron chi connectivity index (χ0n) is 31.5. The zero-order valence-corrected chi connectivity index (χ0v) is 26.5. The van der Waals surface area contributed by atoms with Crippen molar-refractivity contribution in [2.75, 3.05) is 0 Å². The molecule has 0 fully saturated rings. The molecular formula is C45H28N4O. The molecular weight excluding hydrogens is 613 g/mol. The van der Waals surface area contributed by atoms with Crippen molar-refractivity contribution in [1.29, 1.82) is 0 Å². The standard InChI is InChI=1S/C45H28N4O/c1-4-13-29(14-5-1)32-23-25-35-34-19-10-11-21-38(34)49(40(35)27-32)39-22-12-20-37-36-26-24-33(28-41(36)50-42(37)39)45-47-43(30-15-6-2-7-16-30)46-44(48-45)31-17-8-3-9-18-31/h1-28H/i1D,4D,5D,13D,14D. The first-order valence-corrected chi connectivity index (χ1v) is 16.3. The van der Waals surface area contributed by atoms with Crippen molar-refractivity contribution < 1.29 is 11.3 Å². The van der Waals surface area contributed by atoms with Crippen LogP contribution in [0.15, 0.2) is 174 Å². The third-order valence-corrected chi connectivity index (χ3v) is 9.14. The fourth-order valence-corrected chi connectivity index (χ4v) is 6.82. The maximum Gasteiger partial charge on any atom is 0.164 e. The summed E-state index contributed by atoms with van der Waals surface area (Å²) in [5, 5.41) is 3.83. The molecule has 7 aromatic carbocycles. The predicted molar refractivity (Wildman–Crippen MR) is 203 cm³/mol. The van der Waals surface area contributed by atoms with Crippen LogP contribution in [0, 0.1) is 0 Å².